The first-order chi connectivity index (χ1) is 15.7. The van der Waals surface area contributed by atoms with Crippen molar-refractivity contribution in [3.05, 3.63) is 77.5 Å². The molecule has 1 saturated heterocycles. The van der Waals surface area contributed by atoms with Crippen LogP contribution in [0.2, 0.25) is 0 Å². The van der Waals surface area contributed by atoms with Gasteiger partial charge in [-0.05, 0) is 29.8 Å². The summed E-state index contributed by atoms with van der Waals surface area (Å²) in [6.45, 7) is 0.269. The number of amides is 1. The van der Waals surface area contributed by atoms with Crippen molar-refractivity contribution < 1.29 is 22.8 Å². The van der Waals surface area contributed by atoms with Gasteiger partial charge in [0.15, 0.2) is 5.82 Å². The predicted molar refractivity (Wildman–Crippen MR) is 117 cm³/mol. The van der Waals surface area contributed by atoms with Gasteiger partial charge in [-0.25, -0.2) is 10.0 Å². The molecule has 0 unspecified atom stereocenters. The first kappa shape index (κ1) is 22.5. The Kier molecular flexibility index (Phi) is 6.19. The number of nitrogens with zero attached hydrogens (tertiary/aromatic N) is 4. The van der Waals surface area contributed by atoms with Crippen molar-refractivity contribution in [2.75, 3.05) is 31.1 Å². The number of nitrogens with one attached hydrogen (secondary N) is 1. The second kappa shape index (κ2) is 9.07. The summed E-state index contributed by atoms with van der Waals surface area (Å²) in [5.74, 6) is -0.537. The van der Waals surface area contributed by atoms with Crippen LogP contribution in [0.3, 0.4) is 0 Å². The molecule has 0 saturated carbocycles. The van der Waals surface area contributed by atoms with E-state index in [9.17, 15) is 18.0 Å². The minimum absolute atomic E-state index is 0.0213. The number of anilines is 3. The van der Waals surface area contributed by atoms with E-state index in [4.69, 9.17) is 4.84 Å². The van der Waals surface area contributed by atoms with E-state index in [1.54, 1.807) is 38.4 Å². The van der Waals surface area contributed by atoms with Gasteiger partial charge in [-0.1, -0.05) is 30.3 Å². The van der Waals surface area contributed by atoms with Gasteiger partial charge < -0.3 is 10.2 Å². The van der Waals surface area contributed by atoms with Crippen LogP contribution < -0.4 is 10.4 Å². The maximum absolute atomic E-state index is 13.8. The lowest BCUT2D eigenvalue weighted by molar-refractivity contribution is -0.138. The summed E-state index contributed by atoms with van der Waals surface area (Å²) < 4.78 is 41.3. The van der Waals surface area contributed by atoms with Crippen LogP contribution in [0.15, 0.2) is 60.8 Å². The van der Waals surface area contributed by atoms with Crippen molar-refractivity contribution in [2.45, 2.75) is 18.6 Å². The molecule has 172 valence electrons. The molecule has 1 aliphatic rings. The highest BCUT2D eigenvalue weighted by Gasteiger charge is 2.40. The van der Waals surface area contributed by atoms with E-state index < -0.39 is 17.8 Å². The molecule has 33 heavy (non-hydrogen) atoms. The second-order valence-electron chi connectivity index (χ2n) is 7.70. The Balaban J connectivity index is 1.65. The number of rotatable bonds is 5. The molecule has 0 aliphatic carbocycles. The van der Waals surface area contributed by atoms with Crippen molar-refractivity contribution >= 4 is 23.4 Å². The normalized spacial score (nSPS) is 16.0. The second-order valence-corrected chi connectivity index (χ2v) is 7.70. The molecule has 0 radical (unpaired) electrons. The van der Waals surface area contributed by atoms with E-state index in [2.05, 4.69) is 15.3 Å². The Bertz CT molecular complexity index is 1120. The minimum Gasteiger partial charge on any atom is -0.345 e. The van der Waals surface area contributed by atoms with E-state index in [0.717, 1.165) is 11.8 Å². The molecule has 3 aromatic rings. The molecule has 0 spiro atoms. The topological polar surface area (TPSA) is 70.6 Å². The maximum atomic E-state index is 13.8. The lowest BCUT2D eigenvalue weighted by Crippen LogP contribution is -2.26. The van der Waals surface area contributed by atoms with Gasteiger partial charge in [0.1, 0.15) is 5.56 Å². The number of aromatic nitrogens is 2. The van der Waals surface area contributed by atoms with E-state index in [1.165, 1.54) is 9.96 Å². The summed E-state index contributed by atoms with van der Waals surface area (Å²) in [7, 11) is 3.30. The summed E-state index contributed by atoms with van der Waals surface area (Å²) in [5, 5.41) is 4.11. The van der Waals surface area contributed by atoms with Gasteiger partial charge in [-0.3, -0.25) is 9.63 Å². The molecule has 4 rings (SSSR count). The van der Waals surface area contributed by atoms with Crippen molar-refractivity contribution in [1.29, 1.82) is 0 Å². The average Bonchev–Trinajstić information content (AvgIpc) is 3.29. The zero-order valence-electron chi connectivity index (χ0n) is 18.0. The lowest BCUT2D eigenvalue weighted by Gasteiger charge is -2.26. The smallest absolute Gasteiger partial charge is 0.345 e. The van der Waals surface area contributed by atoms with Crippen molar-refractivity contribution in [3.8, 4) is 0 Å². The van der Waals surface area contributed by atoms with E-state index in [-0.39, 0.29) is 24.3 Å². The van der Waals surface area contributed by atoms with Crippen LogP contribution in [0.5, 0.6) is 0 Å². The Labute approximate surface area is 188 Å². The predicted octanol–water partition coefficient (Wildman–Crippen LogP) is 4.82. The average molecular weight is 457 g/mol. The fraction of sp³-hybridized carbons (Fsp3) is 0.261. The molecule has 2 aromatic carbocycles. The summed E-state index contributed by atoms with van der Waals surface area (Å²) in [5.41, 5.74) is 0.855. The van der Waals surface area contributed by atoms with Gasteiger partial charge in [0.2, 0.25) is 5.95 Å². The molecule has 10 heteroatoms. The van der Waals surface area contributed by atoms with Gasteiger partial charge in [0.05, 0.1) is 12.6 Å². The number of hydrogen-bond acceptors (Lipinski definition) is 6. The molecule has 1 aliphatic heterocycles. The van der Waals surface area contributed by atoms with Gasteiger partial charge >= 0.3 is 6.18 Å². The maximum Gasteiger partial charge on any atom is 0.421 e. The van der Waals surface area contributed by atoms with Gasteiger partial charge in [-0.2, -0.15) is 18.2 Å². The van der Waals surface area contributed by atoms with Crippen LogP contribution in [0.25, 0.3) is 0 Å². The highest BCUT2D eigenvalue weighted by atomic mass is 19.4. The fourth-order valence-corrected chi connectivity index (χ4v) is 3.54. The molecular weight excluding hydrogens is 435 g/mol. The zero-order valence-corrected chi connectivity index (χ0v) is 18.0. The Hall–Kier alpha value is -3.66. The quantitative estimate of drug-likeness (QED) is 0.592. The van der Waals surface area contributed by atoms with Crippen LogP contribution in [-0.2, 0) is 11.0 Å². The summed E-state index contributed by atoms with van der Waals surface area (Å²) in [6, 6.07) is 15.3. The van der Waals surface area contributed by atoms with Crippen LogP contribution >= 0.6 is 0 Å². The fourth-order valence-electron chi connectivity index (χ4n) is 3.54. The third-order valence-corrected chi connectivity index (χ3v) is 5.17. The third-order valence-electron chi connectivity index (χ3n) is 5.17. The SMILES string of the molecule is CN(C)C(=O)c1ccc(Nc2ncc(C(F)(F)F)c(N3OCC[C@H]3c3ccccc3)n2)cc1. The Morgan fingerprint density at radius 2 is 1.82 bits per heavy atom. The summed E-state index contributed by atoms with van der Waals surface area (Å²) in [4.78, 5) is 27.1. The van der Waals surface area contributed by atoms with Gasteiger partial charge in [0, 0.05) is 38.0 Å². The van der Waals surface area contributed by atoms with E-state index >= 15 is 0 Å². The first-order valence-electron chi connectivity index (χ1n) is 10.2. The molecule has 1 aromatic heterocycles. The monoisotopic (exact) mass is 457 g/mol. The number of halogens is 3. The van der Waals surface area contributed by atoms with Crippen LogP contribution in [0.1, 0.15) is 33.9 Å². The van der Waals surface area contributed by atoms with E-state index in [0.29, 0.717) is 17.7 Å². The molecule has 1 fully saturated rings. The van der Waals surface area contributed by atoms with Crippen LogP contribution in [-0.4, -0.2) is 41.5 Å². The number of hydrogen-bond donors (Lipinski definition) is 1. The number of carbonyl (C=O) groups excluding carboxylic acids is 1. The van der Waals surface area contributed by atoms with Crippen molar-refractivity contribution in [1.82, 2.24) is 14.9 Å². The zero-order chi connectivity index (χ0) is 23.6. The number of carbonyl (C=O) groups is 1. The first-order valence-corrected chi connectivity index (χ1v) is 10.2. The molecule has 1 atom stereocenters. The summed E-state index contributed by atoms with van der Waals surface area (Å²) in [6.07, 6.45) is -3.39. The van der Waals surface area contributed by atoms with Crippen LogP contribution in [0.4, 0.5) is 30.6 Å². The van der Waals surface area contributed by atoms with Crippen LogP contribution in [0, 0.1) is 0 Å². The molecule has 0 bridgehead atoms. The molecular formula is C23H22F3N5O2. The number of benzene rings is 2. The van der Waals surface area contributed by atoms with Gasteiger partial charge in [0.25, 0.3) is 5.91 Å². The van der Waals surface area contributed by atoms with E-state index in [1.807, 2.05) is 30.3 Å². The van der Waals surface area contributed by atoms with Gasteiger partial charge in [-0.15, -0.1) is 0 Å². The Morgan fingerprint density at radius 3 is 2.45 bits per heavy atom. The van der Waals surface area contributed by atoms with Crippen molar-refractivity contribution in [2.24, 2.45) is 0 Å². The highest BCUT2D eigenvalue weighted by molar-refractivity contribution is 5.94. The molecule has 2 heterocycles. The third kappa shape index (κ3) is 4.90. The number of alkyl halides is 3. The summed E-state index contributed by atoms with van der Waals surface area (Å²) >= 11 is 0. The highest BCUT2D eigenvalue weighted by Crippen LogP contribution is 2.41. The Morgan fingerprint density at radius 1 is 1.12 bits per heavy atom. The molecule has 7 nitrogen and oxygen atoms in total. The molecule has 1 N–H and O–H groups in total. The lowest BCUT2D eigenvalue weighted by atomic mass is 10.0. The largest absolute Gasteiger partial charge is 0.421 e. The molecule has 1 amide bonds. The minimum atomic E-state index is -4.66. The standard InChI is InChI=1S/C23H22F3N5O2/c1-30(2)21(32)16-8-10-17(11-9-16)28-22-27-14-18(23(24,25)26)20(29-22)31-19(12-13-33-31)15-6-4-3-5-7-15/h3-11,14,19H,12-13H2,1-2H3,(H,27,28,29)/t19-/m0/s1. The number of hydroxylamine groups is 1. The van der Waals surface area contributed by atoms with Crippen molar-refractivity contribution in [3.63, 3.8) is 0 Å².